The Morgan fingerprint density at radius 1 is 1.27 bits per heavy atom. The normalized spacial score (nSPS) is 16.2. The van der Waals surface area contributed by atoms with Crippen molar-refractivity contribution in [1.82, 2.24) is 30.0 Å². The van der Waals surface area contributed by atoms with Crippen molar-refractivity contribution in [2.24, 2.45) is 0 Å². The maximum atomic E-state index is 12.7. The van der Waals surface area contributed by atoms with Crippen molar-refractivity contribution >= 4 is 23.2 Å². The minimum Gasteiger partial charge on any atom is -0.349 e. The van der Waals surface area contributed by atoms with Crippen LogP contribution in [0.15, 0.2) is 48.4 Å². The lowest BCUT2D eigenvalue weighted by molar-refractivity contribution is -0.125. The summed E-state index contributed by atoms with van der Waals surface area (Å²) in [5.74, 6) is -0.415. The van der Waals surface area contributed by atoms with Crippen molar-refractivity contribution in [2.75, 3.05) is 6.54 Å². The topological polar surface area (TPSA) is 93.0 Å². The molecule has 8 nitrogen and oxygen atoms in total. The molecule has 0 bridgehead atoms. The molecular formula is C17H16N6O2S. The van der Waals surface area contributed by atoms with Crippen LogP contribution in [0.4, 0.5) is 0 Å². The van der Waals surface area contributed by atoms with Crippen molar-refractivity contribution in [2.45, 2.75) is 19.1 Å². The third-order valence-corrected chi connectivity index (χ3v) is 5.06. The Balaban J connectivity index is 1.53. The molecule has 9 heteroatoms. The molecule has 0 saturated heterocycles. The van der Waals surface area contributed by atoms with Crippen LogP contribution in [-0.2, 0) is 17.9 Å². The van der Waals surface area contributed by atoms with E-state index in [2.05, 4.69) is 20.4 Å². The fourth-order valence-electron chi connectivity index (χ4n) is 2.92. The van der Waals surface area contributed by atoms with Gasteiger partial charge in [0.15, 0.2) is 0 Å². The molecule has 2 amide bonds. The van der Waals surface area contributed by atoms with Crippen molar-refractivity contribution in [3.63, 3.8) is 0 Å². The zero-order chi connectivity index (χ0) is 17.9. The average Bonchev–Trinajstić information content (AvgIpc) is 3.36. The zero-order valence-corrected chi connectivity index (χ0v) is 14.6. The molecule has 0 spiro atoms. The second-order valence-electron chi connectivity index (χ2n) is 5.86. The lowest BCUT2D eigenvalue weighted by Crippen LogP contribution is -2.47. The molecule has 3 aromatic heterocycles. The largest absolute Gasteiger partial charge is 0.349 e. The van der Waals surface area contributed by atoms with E-state index in [-0.39, 0.29) is 24.1 Å². The fourth-order valence-corrected chi connectivity index (χ4v) is 3.56. The number of carbonyl (C=O) groups excluding carboxylic acids is 2. The number of rotatable bonds is 4. The van der Waals surface area contributed by atoms with Gasteiger partial charge in [0.2, 0.25) is 5.91 Å². The smallest absolute Gasteiger partial charge is 0.274 e. The molecule has 0 radical (unpaired) electrons. The van der Waals surface area contributed by atoms with Crippen LogP contribution in [-0.4, -0.2) is 43.0 Å². The molecule has 1 N–H and O–H groups in total. The molecule has 0 aliphatic carbocycles. The third-order valence-electron chi connectivity index (χ3n) is 4.18. The zero-order valence-electron chi connectivity index (χ0n) is 13.8. The van der Waals surface area contributed by atoms with Gasteiger partial charge in [0.25, 0.3) is 5.91 Å². The number of thiophene rings is 1. The molecule has 26 heavy (non-hydrogen) atoms. The number of aromatic nitrogens is 4. The van der Waals surface area contributed by atoms with Crippen LogP contribution < -0.4 is 5.32 Å². The highest BCUT2D eigenvalue weighted by atomic mass is 32.1. The van der Waals surface area contributed by atoms with Crippen LogP contribution in [0, 0.1) is 0 Å². The predicted octanol–water partition coefficient (Wildman–Crippen LogP) is 1.25. The summed E-state index contributed by atoms with van der Waals surface area (Å²) < 4.78 is 1.68. The van der Waals surface area contributed by atoms with Crippen molar-refractivity contribution in [1.29, 1.82) is 0 Å². The predicted molar refractivity (Wildman–Crippen MR) is 94.2 cm³/mol. The van der Waals surface area contributed by atoms with Crippen LogP contribution in [0.3, 0.4) is 0 Å². The van der Waals surface area contributed by atoms with Gasteiger partial charge < -0.3 is 10.2 Å². The Hall–Kier alpha value is -3.07. The molecule has 3 aromatic rings. The van der Waals surface area contributed by atoms with Gasteiger partial charge in [-0.15, -0.1) is 11.3 Å². The fraction of sp³-hybridized carbons (Fsp3) is 0.235. The van der Waals surface area contributed by atoms with Gasteiger partial charge in [-0.05, 0) is 17.5 Å². The van der Waals surface area contributed by atoms with E-state index in [4.69, 9.17) is 0 Å². The standard InChI is InChI=1S/C17H16N6O2S/c24-16(20-8-13-2-1-7-26-13)15-11-22(10-12-3-4-21-23(12)15)17(25)14-9-18-5-6-19-14/h1-7,9,15H,8,10-11H2,(H,20,24)/t15-/m0/s1. The summed E-state index contributed by atoms with van der Waals surface area (Å²) in [7, 11) is 0. The molecule has 1 aliphatic heterocycles. The van der Waals surface area contributed by atoms with Gasteiger partial charge in [-0.2, -0.15) is 5.10 Å². The van der Waals surface area contributed by atoms with E-state index in [1.165, 1.54) is 18.6 Å². The van der Waals surface area contributed by atoms with Gasteiger partial charge in [0.1, 0.15) is 11.7 Å². The molecule has 1 aliphatic rings. The Morgan fingerprint density at radius 2 is 2.19 bits per heavy atom. The van der Waals surface area contributed by atoms with Gasteiger partial charge in [0.05, 0.1) is 31.5 Å². The van der Waals surface area contributed by atoms with E-state index in [1.54, 1.807) is 27.1 Å². The molecule has 0 aromatic carbocycles. The molecule has 4 rings (SSSR count). The highest BCUT2D eigenvalue weighted by Gasteiger charge is 2.33. The molecule has 132 valence electrons. The highest BCUT2D eigenvalue weighted by Crippen LogP contribution is 2.22. The van der Waals surface area contributed by atoms with E-state index in [0.717, 1.165) is 10.6 Å². The summed E-state index contributed by atoms with van der Waals surface area (Å²) in [6.45, 7) is 1.08. The number of carbonyl (C=O) groups is 2. The Kier molecular flexibility index (Phi) is 4.44. The summed E-state index contributed by atoms with van der Waals surface area (Å²) in [6, 6.07) is 5.15. The third kappa shape index (κ3) is 3.21. The molecular weight excluding hydrogens is 352 g/mol. The quantitative estimate of drug-likeness (QED) is 0.748. The van der Waals surface area contributed by atoms with Crippen molar-refractivity contribution in [3.8, 4) is 0 Å². The van der Waals surface area contributed by atoms with Crippen LogP contribution in [0.1, 0.15) is 27.1 Å². The Labute approximate surface area is 153 Å². The van der Waals surface area contributed by atoms with Crippen LogP contribution in [0.25, 0.3) is 0 Å². The first kappa shape index (κ1) is 16.4. The van der Waals surface area contributed by atoms with Gasteiger partial charge in [-0.1, -0.05) is 6.07 Å². The number of hydrogen-bond acceptors (Lipinski definition) is 6. The van der Waals surface area contributed by atoms with E-state index in [9.17, 15) is 9.59 Å². The Bertz CT molecular complexity index is 909. The van der Waals surface area contributed by atoms with E-state index >= 15 is 0 Å². The molecule has 4 heterocycles. The van der Waals surface area contributed by atoms with E-state index in [0.29, 0.717) is 13.1 Å². The number of nitrogens with zero attached hydrogens (tertiary/aromatic N) is 5. The number of fused-ring (bicyclic) bond motifs is 1. The number of amides is 2. The average molecular weight is 368 g/mol. The van der Waals surface area contributed by atoms with E-state index < -0.39 is 6.04 Å². The highest BCUT2D eigenvalue weighted by molar-refractivity contribution is 7.09. The molecule has 1 atom stereocenters. The second kappa shape index (κ2) is 7.04. The van der Waals surface area contributed by atoms with Crippen molar-refractivity contribution in [3.05, 3.63) is 64.6 Å². The lowest BCUT2D eigenvalue weighted by atomic mass is 10.1. The Morgan fingerprint density at radius 3 is 2.96 bits per heavy atom. The SMILES string of the molecule is O=C(NCc1cccs1)[C@@H]1CN(C(=O)c2cnccn2)Cc2ccnn21. The van der Waals surface area contributed by atoms with Gasteiger partial charge >= 0.3 is 0 Å². The van der Waals surface area contributed by atoms with Gasteiger partial charge in [-0.3, -0.25) is 19.3 Å². The summed E-state index contributed by atoms with van der Waals surface area (Å²) in [5.41, 5.74) is 1.07. The summed E-state index contributed by atoms with van der Waals surface area (Å²) in [6.07, 6.45) is 6.07. The minimum absolute atomic E-state index is 0.167. The summed E-state index contributed by atoms with van der Waals surface area (Å²) >= 11 is 1.58. The molecule has 0 unspecified atom stereocenters. The van der Waals surface area contributed by atoms with E-state index in [1.807, 2.05) is 23.6 Å². The van der Waals surface area contributed by atoms with Crippen LogP contribution >= 0.6 is 11.3 Å². The second-order valence-corrected chi connectivity index (χ2v) is 6.89. The lowest BCUT2D eigenvalue weighted by Gasteiger charge is -2.32. The van der Waals surface area contributed by atoms with Gasteiger partial charge in [-0.25, -0.2) is 4.98 Å². The molecule has 0 saturated carbocycles. The van der Waals surface area contributed by atoms with Gasteiger partial charge in [0, 0.05) is 23.5 Å². The van der Waals surface area contributed by atoms with Crippen molar-refractivity contribution < 1.29 is 9.59 Å². The first-order chi connectivity index (χ1) is 12.7. The monoisotopic (exact) mass is 368 g/mol. The van der Waals surface area contributed by atoms with Crippen LogP contribution in [0.5, 0.6) is 0 Å². The minimum atomic E-state index is -0.575. The first-order valence-corrected chi connectivity index (χ1v) is 8.98. The molecule has 0 fully saturated rings. The summed E-state index contributed by atoms with van der Waals surface area (Å²) in [5, 5.41) is 9.16. The maximum absolute atomic E-state index is 12.7. The summed E-state index contributed by atoms with van der Waals surface area (Å²) in [4.78, 5) is 36.1. The first-order valence-electron chi connectivity index (χ1n) is 8.10. The maximum Gasteiger partial charge on any atom is 0.274 e. The van der Waals surface area contributed by atoms with Crippen LogP contribution in [0.2, 0.25) is 0 Å². The number of hydrogen-bond donors (Lipinski definition) is 1. The number of nitrogens with one attached hydrogen (secondary N) is 1.